The van der Waals surface area contributed by atoms with Crippen LogP contribution in [-0.4, -0.2) is 49.2 Å². The summed E-state index contributed by atoms with van der Waals surface area (Å²) in [6.07, 6.45) is 1.93. The second-order valence-electron chi connectivity index (χ2n) is 5.19. The second kappa shape index (κ2) is 6.68. The van der Waals surface area contributed by atoms with Crippen LogP contribution in [0.25, 0.3) is 0 Å². The van der Waals surface area contributed by atoms with E-state index in [1.165, 1.54) is 0 Å². The summed E-state index contributed by atoms with van der Waals surface area (Å²) in [5.74, 6) is 0.663. The van der Waals surface area contributed by atoms with Crippen molar-refractivity contribution in [3.8, 4) is 0 Å². The number of aliphatic hydroxyl groups is 1. The molecule has 0 spiro atoms. The molecule has 0 saturated carbocycles. The topological polar surface area (TPSA) is 43.8 Å². The Balaban J connectivity index is 1.85. The molecule has 4 nitrogen and oxygen atoms in total. The normalized spacial score (nSPS) is 19.6. The van der Waals surface area contributed by atoms with Crippen LogP contribution in [0.1, 0.15) is 12.8 Å². The van der Waals surface area contributed by atoms with Crippen LogP contribution in [0.2, 0.25) is 0 Å². The van der Waals surface area contributed by atoms with Crippen molar-refractivity contribution in [3.05, 3.63) is 30.3 Å². The number of aliphatic hydroxyl groups excluding tert-OH is 1. The minimum Gasteiger partial charge on any atom is -0.396 e. The van der Waals surface area contributed by atoms with Crippen LogP contribution >= 0.6 is 0 Å². The summed E-state index contributed by atoms with van der Waals surface area (Å²) < 4.78 is 0. The van der Waals surface area contributed by atoms with Crippen molar-refractivity contribution in [2.45, 2.75) is 12.8 Å². The molecule has 1 aromatic rings. The van der Waals surface area contributed by atoms with Gasteiger partial charge in [0.1, 0.15) is 0 Å². The minimum absolute atomic E-state index is 0.121. The number of hydrogen-bond donors (Lipinski definition) is 1. The number of amides is 1. The fourth-order valence-electron chi connectivity index (χ4n) is 2.57. The third-order valence-corrected chi connectivity index (χ3v) is 3.78. The maximum atomic E-state index is 12.2. The largest absolute Gasteiger partial charge is 0.396 e. The highest BCUT2D eigenvalue weighted by Gasteiger charge is 2.24. The molecule has 1 atom stereocenters. The molecule has 1 fully saturated rings. The van der Waals surface area contributed by atoms with Crippen molar-refractivity contribution in [3.63, 3.8) is 0 Å². The predicted octanol–water partition coefficient (Wildman–Crippen LogP) is 1.35. The van der Waals surface area contributed by atoms with Gasteiger partial charge in [0.2, 0.25) is 5.91 Å². The summed E-state index contributed by atoms with van der Waals surface area (Å²) in [6, 6.07) is 9.70. The Hall–Kier alpha value is -1.39. The summed E-state index contributed by atoms with van der Waals surface area (Å²) in [5, 5.41) is 8.94. The molecule has 4 heteroatoms. The van der Waals surface area contributed by atoms with Crippen molar-refractivity contribution in [2.24, 2.45) is 5.92 Å². The zero-order valence-corrected chi connectivity index (χ0v) is 11.5. The quantitative estimate of drug-likeness (QED) is 0.871. The van der Waals surface area contributed by atoms with Crippen molar-refractivity contribution < 1.29 is 9.90 Å². The first kappa shape index (κ1) is 14.0. The van der Waals surface area contributed by atoms with Gasteiger partial charge in [-0.05, 0) is 37.4 Å². The van der Waals surface area contributed by atoms with Crippen LogP contribution in [-0.2, 0) is 4.79 Å². The van der Waals surface area contributed by atoms with Crippen LogP contribution in [0.5, 0.6) is 0 Å². The van der Waals surface area contributed by atoms with Gasteiger partial charge >= 0.3 is 0 Å². The summed E-state index contributed by atoms with van der Waals surface area (Å²) in [6.45, 7) is 2.59. The molecule has 1 N–H and O–H groups in total. The van der Waals surface area contributed by atoms with E-state index in [2.05, 4.69) is 4.90 Å². The number of likely N-dealkylation sites (N-methyl/N-ethyl adjacent to an activating group) is 1. The van der Waals surface area contributed by atoms with Crippen LogP contribution in [0, 0.1) is 5.92 Å². The van der Waals surface area contributed by atoms with E-state index < -0.39 is 0 Å². The molecule has 104 valence electrons. The molecular formula is C15H22N2O2. The number of hydrogen-bond acceptors (Lipinski definition) is 3. The molecule has 1 aliphatic heterocycles. The predicted molar refractivity (Wildman–Crippen MR) is 76.1 cm³/mol. The number of para-hydroxylation sites is 1. The van der Waals surface area contributed by atoms with E-state index in [-0.39, 0.29) is 12.5 Å². The summed E-state index contributed by atoms with van der Waals surface area (Å²) >= 11 is 0. The number of nitrogens with zero attached hydrogens (tertiary/aromatic N) is 2. The molecule has 1 heterocycles. The molecule has 19 heavy (non-hydrogen) atoms. The standard InChI is InChI=1S/C15H22N2O2/c1-16(14-5-3-2-4-6-14)15(19)12-17-9-7-13(11-17)8-10-18/h2-6,13,18H,7-12H2,1H3. The number of benzene rings is 1. The van der Waals surface area contributed by atoms with Crippen LogP contribution in [0.4, 0.5) is 5.69 Å². The van der Waals surface area contributed by atoms with E-state index in [0.717, 1.165) is 31.6 Å². The first-order chi connectivity index (χ1) is 9.20. The number of anilines is 1. The Labute approximate surface area is 114 Å². The van der Waals surface area contributed by atoms with Gasteiger partial charge in [0.15, 0.2) is 0 Å². The van der Waals surface area contributed by atoms with E-state index in [4.69, 9.17) is 5.11 Å². The lowest BCUT2D eigenvalue weighted by Gasteiger charge is -2.21. The van der Waals surface area contributed by atoms with Gasteiger partial charge in [0.25, 0.3) is 0 Å². The molecule has 1 amide bonds. The maximum Gasteiger partial charge on any atom is 0.240 e. The lowest BCUT2D eigenvalue weighted by molar-refractivity contribution is -0.119. The van der Waals surface area contributed by atoms with Gasteiger partial charge in [0, 0.05) is 25.9 Å². The lowest BCUT2D eigenvalue weighted by atomic mass is 10.1. The highest BCUT2D eigenvalue weighted by Crippen LogP contribution is 2.19. The minimum atomic E-state index is 0.121. The maximum absolute atomic E-state index is 12.2. The fourth-order valence-corrected chi connectivity index (χ4v) is 2.57. The van der Waals surface area contributed by atoms with Gasteiger partial charge in [-0.1, -0.05) is 18.2 Å². The molecule has 0 aliphatic carbocycles. The van der Waals surface area contributed by atoms with E-state index in [9.17, 15) is 4.79 Å². The van der Waals surface area contributed by atoms with E-state index in [1.54, 1.807) is 4.90 Å². The third kappa shape index (κ3) is 3.78. The second-order valence-corrected chi connectivity index (χ2v) is 5.19. The van der Waals surface area contributed by atoms with Crippen LogP contribution < -0.4 is 4.90 Å². The van der Waals surface area contributed by atoms with Gasteiger partial charge in [-0.25, -0.2) is 0 Å². The lowest BCUT2D eigenvalue weighted by Crippen LogP contribution is -2.37. The smallest absolute Gasteiger partial charge is 0.240 e. The highest BCUT2D eigenvalue weighted by molar-refractivity contribution is 5.94. The first-order valence-corrected chi connectivity index (χ1v) is 6.85. The third-order valence-electron chi connectivity index (χ3n) is 3.78. The molecule has 1 aliphatic rings. The Morgan fingerprint density at radius 2 is 2.16 bits per heavy atom. The van der Waals surface area contributed by atoms with Gasteiger partial charge < -0.3 is 10.0 Å². The van der Waals surface area contributed by atoms with E-state index in [1.807, 2.05) is 37.4 Å². The zero-order valence-electron chi connectivity index (χ0n) is 11.5. The molecule has 1 unspecified atom stereocenters. The molecule has 0 aromatic heterocycles. The number of carbonyl (C=O) groups is 1. The fraction of sp³-hybridized carbons (Fsp3) is 0.533. The van der Waals surface area contributed by atoms with Gasteiger partial charge in [-0.2, -0.15) is 0 Å². The Morgan fingerprint density at radius 1 is 1.42 bits per heavy atom. The van der Waals surface area contributed by atoms with Crippen LogP contribution in [0.3, 0.4) is 0 Å². The monoisotopic (exact) mass is 262 g/mol. The van der Waals surface area contributed by atoms with Gasteiger partial charge in [-0.3, -0.25) is 9.69 Å². The number of carbonyl (C=O) groups excluding carboxylic acids is 1. The first-order valence-electron chi connectivity index (χ1n) is 6.85. The molecule has 0 bridgehead atoms. The van der Waals surface area contributed by atoms with Crippen molar-refractivity contribution in [1.29, 1.82) is 0 Å². The molecule has 1 saturated heterocycles. The molecule has 2 rings (SSSR count). The summed E-state index contributed by atoms with van der Waals surface area (Å²) in [5.41, 5.74) is 0.929. The molecule has 1 aromatic carbocycles. The Morgan fingerprint density at radius 3 is 2.84 bits per heavy atom. The van der Waals surface area contributed by atoms with E-state index in [0.29, 0.717) is 12.5 Å². The Kier molecular flexibility index (Phi) is 4.93. The zero-order chi connectivity index (χ0) is 13.7. The van der Waals surface area contributed by atoms with Gasteiger partial charge in [-0.15, -0.1) is 0 Å². The Bertz CT molecular complexity index is 408. The van der Waals surface area contributed by atoms with E-state index >= 15 is 0 Å². The van der Waals surface area contributed by atoms with Gasteiger partial charge in [0.05, 0.1) is 6.54 Å². The van der Waals surface area contributed by atoms with Crippen molar-refractivity contribution in [1.82, 2.24) is 4.90 Å². The summed E-state index contributed by atoms with van der Waals surface area (Å²) in [4.78, 5) is 16.1. The van der Waals surface area contributed by atoms with Crippen molar-refractivity contribution in [2.75, 3.05) is 38.2 Å². The number of rotatable bonds is 5. The van der Waals surface area contributed by atoms with Crippen LogP contribution in [0.15, 0.2) is 30.3 Å². The average Bonchev–Trinajstić information content (AvgIpc) is 2.86. The molecule has 0 radical (unpaired) electrons. The van der Waals surface area contributed by atoms with Crippen molar-refractivity contribution >= 4 is 11.6 Å². The molecular weight excluding hydrogens is 240 g/mol. The highest BCUT2D eigenvalue weighted by atomic mass is 16.3. The summed E-state index contributed by atoms with van der Waals surface area (Å²) in [7, 11) is 1.82. The average molecular weight is 262 g/mol. The number of likely N-dealkylation sites (tertiary alicyclic amines) is 1. The SMILES string of the molecule is CN(C(=O)CN1CCC(CCO)C1)c1ccccc1.